The fourth-order valence-electron chi connectivity index (χ4n) is 3.08. The molecule has 0 N–H and O–H groups in total. The number of rotatable bonds is 5. The topological polar surface area (TPSA) is 57.1 Å². The summed E-state index contributed by atoms with van der Waals surface area (Å²) in [6.07, 6.45) is 1.64. The van der Waals surface area contributed by atoms with E-state index in [4.69, 9.17) is 37.7 Å². The highest BCUT2D eigenvalue weighted by atomic mass is 35.5. The van der Waals surface area contributed by atoms with Crippen molar-refractivity contribution in [2.45, 2.75) is 6.92 Å². The van der Waals surface area contributed by atoms with E-state index in [2.05, 4.69) is 9.97 Å². The van der Waals surface area contributed by atoms with Gasteiger partial charge >= 0.3 is 6.01 Å². The minimum Gasteiger partial charge on any atom is -0.480 e. The molecule has 0 spiro atoms. The van der Waals surface area contributed by atoms with Crippen LogP contribution in [-0.2, 0) is 0 Å². The van der Waals surface area contributed by atoms with Crippen LogP contribution in [0.25, 0.3) is 22.4 Å². The lowest BCUT2D eigenvalue weighted by Crippen LogP contribution is -2.02. The van der Waals surface area contributed by atoms with E-state index in [0.717, 1.165) is 22.3 Å². The number of ether oxygens (including phenoxy) is 2. The third kappa shape index (κ3) is 4.22. The zero-order valence-electron chi connectivity index (χ0n) is 16.3. The number of benzene rings is 2. The van der Waals surface area contributed by atoms with Crippen LogP contribution in [0.15, 0.2) is 66.9 Å². The number of pyridine rings is 1. The van der Waals surface area contributed by atoms with Gasteiger partial charge in [-0.25, -0.2) is 4.98 Å². The van der Waals surface area contributed by atoms with Crippen LogP contribution >= 0.6 is 23.2 Å². The van der Waals surface area contributed by atoms with E-state index in [-0.39, 0.29) is 6.01 Å². The molecule has 0 atom stereocenters. The molecule has 0 amide bonds. The molecule has 5 nitrogen and oxygen atoms in total. The fourth-order valence-corrected chi connectivity index (χ4v) is 3.43. The van der Waals surface area contributed by atoms with Crippen LogP contribution in [0.5, 0.6) is 17.8 Å². The number of hydrogen-bond acceptors (Lipinski definition) is 5. The van der Waals surface area contributed by atoms with Gasteiger partial charge in [0.1, 0.15) is 0 Å². The van der Waals surface area contributed by atoms with Crippen molar-refractivity contribution < 1.29 is 9.47 Å². The lowest BCUT2D eigenvalue weighted by atomic mass is 9.97. The van der Waals surface area contributed by atoms with E-state index < -0.39 is 0 Å². The Balaban J connectivity index is 1.94. The Bertz CT molecular complexity index is 1180. The summed E-state index contributed by atoms with van der Waals surface area (Å²) in [7, 11) is 1.56. The van der Waals surface area contributed by atoms with Crippen molar-refractivity contribution >= 4 is 23.2 Å². The van der Waals surface area contributed by atoms with Crippen molar-refractivity contribution in [1.82, 2.24) is 15.0 Å². The molecule has 0 saturated heterocycles. The van der Waals surface area contributed by atoms with E-state index in [1.54, 1.807) is 25.4 Å². The predicted molar refractivity (Wildman–Crippen MR) is 119 cm³/mol. The molecule has 7 heteroatoms. The Labute approximate surface area is 184 Å². The first-order valence-corrected chi connectivity index (χ1v) is 9.88. The van der Waals surface area contributed by atoms with Crippen LogP contribution in [0.2, 0.25) is 10.0 Å². The minimum absolute atomic E-state index is 0.132. The summed E-state index contributed by atoms with van der Waals surface area (Å²) >= 11 is 12.3. The summed E-state index contributed by atoms with van der Waals surface area (Å²) < 4.78 is 11.4. The first-order chi connectivity index (χ1) is 14.5. The van der Waals surface area contributed by atoms with Crippen molar-refractivity contribution in [3.63, 3.8) is 0 Å². The fraction of sp³-hybridized carbons (Fsp3) is 0.0870. The molecule has 4 rings (SSSR count). The third-order valence-corrected chi connectivity index (χ3v) is 4.95. The van der Waals surface area contributed by atoms with Gasteiger partial charge in [-0.3, -0.25) is 0 Å². The molecule has 30 heavy (non-hydrogen) atoms. The summed E-state index contributed by atoms with van der Waals surface area (Å²) in [4.78, 5) is 13.3. The van der Waals surface area contributed by atoms with Crippen molar-refractivity contribution in [1.29, 1.82) is 0 Å². The molecule has 0 aliphatic carbocycles. The van der Waals surface area contributed by atoms with Crippen molar-refractivity contribution in [3.05, 3.63) is 82.5 Å². The second kappa shape index (κ2) is 8.69. The molecule has 0 unspecified atom stereocenters. The normalized spacial score (nSPS) is 10.7. The van der Waals surface area contributed by atoms with Gasteiger partial charge in [0.05, 0.1) is 18.4 Å². The van der Waals surface area contributed by atoms with Crippen molar-refractivity contribution in [2.24, 2.45) is 0 Å². The molecule has 150 valence electrons. The van der Waals surface area contributed by atoms with Gasteiger partial charge in [-0.05, 0) is 48.4 Å². The van der Waals surface area contributed by atoms with E-state index in [0.29, 0.717) is 27.5 Å². The van der Waals surface area contributed by atoms with Crippen molar-refractivity contribution in [2.75, 3.05) is 7.11 Å². The maximum Gasteiger partial charge on any atom is 0.327 e. The summed E-state index contributed by atoms with van der Waals surface area (Å²) in [5.74, 6) is 0.764. The Morgan fingerprint density at radius 1 is 0.867 bits per heavy atom. The van der Waals surface area contributed by atoms with E-state index in [1.165, 1.54) is 0 Å². The average molecular weight is 438 g/mol. The highest BCUT2D eigenvalue weighted by Crippen LogP contribution is 2.40. The number of hydrogen-bond donors (Lipinski definition) is 0. The molecule has 0 aliphatic heterocycles. The van der Waals surface area contributed by atoms with Gasteiger partial charge in [-0.15, -0.1) is 0 Å². The molecule has 0 aliphatic rings. The number of aryl methyl sites for hydroxylation is 1. The Kier molecular flexibility index (Phi) is 5.84. The van der Waals surface area contributed by atoms with Crippen LogP contribution in [0.3, 0.4) is 0 Å². The second-order valence-corrected chi connectivity index (χ2v) is 7.35. The van der Waals surface area contributed by atoms with Crippen LogP contribution in [0, 0.1) is 6.92 Å². The quantitative estimate of drug-likeness (QED) is 0.350. The largest absolute Gasteiger partial charge is 0.480 e. The average Bonchev–Trinajstić information content (AvgIpc) is 2.75. The molecule has 2 aromatic heterocycles. The van der Waals surface area contributed by atoms with E-state index in [9.17, 15) is 0 Å². The van der Waals surface area contributed by atoms with E-state index >= 15 is 0 Å². The third-order valence-electron chi connectivity index (χ3n) is 4.46. The number of nitrogens with zero attached hydrogens (tertiary/aromatic N) is 3. The molecule has 2 aromatic carbocycles. The van der Waals surface area contributed by atoms with Crippen LogP contribution in [-0.4, -0.2) is 22.1 Å². The van der Waals surface area contributed by atoms with Gasteiger partial charge in [-0.2, -0.15) is 9.97 Å². The summed E-state index contributed by atoms with van der Waals surface area (Å²) in [6, 6.07) is 18.5. The maximum absolute atomic E-state index is 6.17. The van der Waals surface area contributed by atoms with E-state index in [1.807, 2.05) is 55.5 Å². The van der Waals surface area contributed by atoms with Gasteiger partial charge in [0.15, 0.2) is 0 Å². The van der Waals surface area contributed by atoms with Gasteiger partial charge in [0.2, 0.25) is 11.8 Å². The number of halogens is 2. The molecular formula is C23H17Cl2N3O2. The van der Waals surface area contributed by atoms with Gasteiger partial charge in [0, 0.05) is 27.9 Å². The molecule has 2 heterocycles. The summed E-state index contributed by atoms with van der Waals surface area (Å²) in [5.41, 5.74) is 4.10. The molecule has 0 saturated carbocycles. The standard InChI is InChI=1S/C23H17Cl2N3O2/c1-14-13-17(25)10-11-18(14)21-20(15-6-8-16(24)9-7-15)22(29-2)28-23(27-21)30-19-5-3-4-12-26-19/h3-13H,1-2H3. The lowest BCUT2D eigenvalue weighted by Gasteiger charge is -2.16. The maximum atomic E-state index is 6.17. The molecular weight excluding hydrogens is 421 g/mol. The molecule has 0 bridgehead atoms. The second-order valence-electron chi connectivity index (χ2n) is 6.48. The van der Waals surface area contributed by atoms with Crippen molar-refractivity contribution in [3.8, 4) is 40.2 Å². The number of aromatic nitrogens is 3. The highest BCUT2D eigenvalue weighted by molar-refractivity contribution is 6.31. The number of methoxy groups -OCH3 is 1. The molecule has 0 radical (unpaired) electrons. The predicted octanol–water partition coefficient (Wildman–Crippen LogP) is 6.62. The summed E-state index contributed by atoms with van der Waals surface area (Å²) in [5, 5.41) is 1.29. The van der Waals surface area contributed by atoms with Crippen LogP contribution < -0.4 is 9.47 Å². The monoisotopic (exact) mass is 437 g/mol. The Morgan fingerprint density at radius 3 is 2.30 bits per heavy atom. The first-order valence-electron chi connectivity index (χ1n) is 9.12. The zero-order chi connectivity index (χ0) is 21.1. The minimum atomic E-state index is 0.132. The lowest BCUT2D eigenvalue weighted by molar-refractivity contribution is 0.374. The molecule has 0 fully saturated rings. The SMILES string of the molecule is COc1nc(Oc2ccccn2)nc(-c2ccc(Cl)cc2C)c1-c1ccc(Cl)cc1. The summed E-state index contributed by atoms with van der Waals surface area (Å²) in [6.45, 7) is 1.97. The van der Waals surface area contributed by atoms with Gasteiger partial charge < -0.3 is 9.47 Å². The Morgan fingerprint density at radius 2 is 1.63 bits per heavy atom. The van der Waals surface area contributed by atoms with Gasteiger partial charge in [-0.1, -0.05) is 47.5 Å². The van der Waals surface area contributed by atoms with Gasteiger partial charge in [0.25, 0.3) is 0 Å². The Hall–Kier alpha value is -3.15. The van der Waals surface area contributed by atoms with Crippen LogP contribution in [0.1, 0.15) is 5.56 Å². The molecule has 4 aromatic rings. The smallest absolute Gasteiger partial charge is 0.327 e. The van der Waals surface area contributed by atoms with Crippen LogP contribution in [0.4, 0.5) is 0 Å². The first kappa shape index (κ1) is 20.1. The zero-order valence-corrected chi connectivity index (χ0v) is 17.8. The highest BCUT2D eigenvalue weighted by Gasteiger charge is 2.21.